The van der Waals surface area contributed by atoms with Gasteiger partial charge >= 0.3 is 0 Å². The molecule has 0 aliphatic heterocycles. The van der Waals surface area contributed by atoms with E-state index in [0.29, 0.717) is 22.2 Å². The number of rotatable bonds is 2. The minimum absolute atomic E-state index is 0.0820. The van der Waals surface area contributed by atoms with Gasteiger partial charge in [0.25, 0.3) is 0 Å². The van der Waals surface area contributed by atoms with Crippen LogP contribution in [0.25, 0.3) is 22.7 Å². The normalized spacial score (nSPS) is 10.7. The van der Waals surface area contributed by atoms with Gasteiger partial charge in [0.15, 0.2) is 0 Å². The van der Waals surface area contributed by atoms with Crippen molar-refractivity contribution in [3.8, 4) is 28.5 Å². The highest BCUT2D eigenvalue weighted by molar-refractivity contribution is 9.10. The molecule has 3 rings (SSSR count). The average molecular weight is 351 g/mol. The molecule has 0 amide bonds. The smallest absolute Gasteiger partial charge is 0.230 e. The maximum absolute atomic E-state index is 9.84. The van der Waals surface area contributed by atoms with Crippen LogP contribution in [0.2, 0.25) is 5.02 Å². The van der Waals surface area contributed by atoms with Crippen LogP contribution < -0.4 is 0 Å². The third kappa shape index (κ3) is 2.57. The molecule has 3 aromatic rings. The summed E-state index contributed by atoms with van der Waals surface area (Å²) in [5, 5.41) is 10.4. The van der Waals surface area contributed by atoms with Crippen LogP contribution in [0.3, 0.4) is 0 Å². The van der Waals surface area contributed by atoms with Gasteiger partial charge in [-0.2, -0.15) is 0 Å². The molecule has 0 saturated carbocycles. The van der Waals surface area contributed by atoms with Gasteiger partial charge in [0.2, 0.25) is 5.89 Å². The molecule has 3 nitrogen and oxygen atoms in total. The van der Waals surface area contributed by atoms with Gasteiger partial charge in [-0.15, -0.1) is 0 Å². The van der Waals surface area contributed by atoms with E-state index in [4.69, 9.17) is 16.0 Å². The minimum Gasteiger partial charge on any atom is -0.507 e. The number of nitrogens with zero attached hydrogens (tertiary/aromatic N) is 1. The van der Waals surface area contributed by atoms with Crippen molar-refractivity contribution in [3.63, 3.8) is 0 Å². The Hall–Kier alpha value is -1.78. The molecule has 0 aliphatic carbocycles. The molecule has 0 fully saturated rings. The van der Waals surface area contributed by atoms with E-state index in [-0.39, 0.29) is 5.75 Å². The van der Waals surface area contributed by atoms with Gasteiger partial charge in [-0.25, -0.2) is 4.98 Å². The van der Waals surface area contributed by atoms with Crippen molar-refractivity contribution < 1.29 is 9.52 Å². The highest BCUT2D eigenvalue weighted by atomic mass is 79.9. The molecule has 5 heteroatoms. The van der Waals surface area contributed by atoms with Gasteiger partial charge in [0.1, 0.15) is 17.7 Å². The Kier molecular flexibility index (Phi) is 3.51. The molecule has 1 heterocycles. The average Bonchev–Trinajstić information content (AvgIpc) is 2.92. The molecule has 0 bridgehead atoms. The number of phenols is 1. The van der Waals surface area contributed by atoms with Gasteiger partial charge in [-0.3, -0.25) is 0 Å². The standard InChI is InChI=1S/C15H9BrClNO2/c16-10-3-1-9(2-4-10)13-8-20-15(18-13)12-7-11(17)5-6-14(12)19/h1-8,19H. The quantitative estimate of drug-likeness (QED) is 0.697. The molecular weight excluding hydrogens is 342 g/mol. The van der Waals surface area contributed by atoms with Crippen molar-refractivity contribution in [2.45, 2.75) is 0 Å². The topological polar surface area (TPSA) is 46.3 Å². The summed E-state index contributed by atoms with van der Waals surface area (Å²) in [5.74, 6) is 0.418. The Balaban J connectivity index is 2.01. The van der Waals surface area contributed by atoms with Gasteiger partial charge < -0.3 is 9.52 Å². The summed E-state index contributed by atoms with van der Waals surface area (Å²) in [6.45, 7) is 0. The maximum Gasteiger partial charge on any atom is 0.230 e. The number of oxazole rings is 1. The van der Waals surface area contributed by atoms with Crippen LogP contribution in [0, 0.1) is 0 Å². The third-order valence-electron chi connectivity index (χ3n) is 2.83. The van der Waals surface area contributed by atoms with Crippen LogP contribution in [0.5, 0.6) is 5.75 Å². The fourth-order valence-corrected chi connectivity index (χ4v) is 2.27. The first kappa shape index (κ1) is 13.2. The van der Waals surface area contributed by atoms with Crippen molar-refractivity contribution >= 4 is 27.5 Å². The summed E-state index contributed by atoms with van der Waals surface area (Å²) in [5.41, 5.74) is 2.11. The van der Waals surface area contributed by atoms with E-state index in [1.165, 1.54) is 6.07 Å². The summed E-state index contributed by atoms with van der Waals surface area (Å²) in [7, 11) is 0. The number of halogens is 2. The molecule has 1 N–H and O–H groups in total. The Morgan fingerprint density at radius 1 is 1.10 bits per heavy atom. The van der Waals surface area contributed by atoms with Crippen LogP contribution in [-0.2, 0) is 0 Å². The zero-order valence-corrected chi connectivity index (χ0v) is 12.5. The summed E-state index contributed by atoms with van der Waals surface area (Å²) in [6, 6.07) is 12.5. The lowest BCUT2D eigenvalue weighted by atomic mass is 10.2. The second-order valence-corrected chi connectivity index (χ2v) is 5.56. The summed E-state index contributed by atoms with van der Waals surface area (Å²) in [4.78, 5) is 4.38. The Bertz CT molecular complexity index is 753. The highest BCUT2D eigenvalue weighted by Gasteiger charge is 2.12. The van der Waals surface area contributed by atoms with Crippen molar-refractivity contribution in [2.24, 2.45) is 0 Å². The molecule has 0 radical (unpaired) electrons. The fourth-order valence-electron chi connectivity index (χ4n) is 1.83. The molecule has 2 aromatic carbocycles. The molecule has 1 aromatic heterocycles. The molecule has 20 heavy (non-hydrogen) atoms. The summed E-state index contributed by atoms with van der Waals surface area (Å²) < 4.78 is 6.43. The lowest BCUT2D eigenvalue weighted by molar-refractivity contribution is 0.473. The lowest BCUT2D eigenvalue weighted by Crippen LogP contribution is -1.81. The molecule has 0 atom stereocenters. The predicted octanol–water partition coefficient (Wildman–Crippen LogP) is 5.13. The number of benzene rings is 2. The number of aromatic hydroxyl groups is 1. The van der Waals surface area contributed by atoms with Gasteiger partial charge in [0.05, 0.1) is 5.56 Å². The Morgan fingerprint density at radius 2 is 1.85 bits per heavy atom. The molecule has 0 unspecified atom stereocenters. The van der Waals surface area contributed by atoms with E-state index in [0.717, 1.165) is 10.0 Å². The van der Waals surface area contributed by atoms with Gasteiger partial charge in [-0.05, 0) is 30.3 Å². The van der Waals surface area contributed by atoms with Crippen LogP contribution in [0.4, 0.5) is 0 Å². The van der Waals surface area contributed by atoms with E-state index < -0.39 is 0 Å². The van der Waals surface area contributed by atoms with E-state index in [2.05, 4.69) is 20.9 Å². The Morgan fingerprint density at radius 3 is 2.60 bits per heavy atom. The second kappa shape index (κ2) is 5.31. The maximum atomic E-state index is 9.84. The molecule has 100 valence electrons. The third-order valence-corrected chi connectivity index (χ3v) is 3.60. The fraction of sp³-hybridized carbons (Fsp3) is 0. The van der Waals surface area contributed by atoms with Crippen molar-refractivity contribution in [1.82, 2.24) is 4.98 Å². The lowest BCUT2D eigenvalue weighted by Gasteiger charge is -2.00. The van der Waals surface area contributed by atoms with Crippen molar-refractivity contribution in [2.75, 3.05) is 0 Å². The van der Waals surface area contributed by atoms with Crippen LogP contribution in [0.1, 0.15) is 0 Å². The van der Waals surface area contributed by atoms with E-state index >= 15 is 0 Å². The largest absolute Gasteiger partial charge is 0.507 e. The first-order chi connectivity index (χ1) is 9.63. The number of hydrogen-bond acceptors (Lipinski definition) is 3. The van der Waals surface area contributed by atoms with Crippen molar-refractivity contribution in [1.29, 1.82) is 0 Å². The van der Waals surface area contributed by atoms with Crippen LogP contribution in [-0.4, -0.2) is 10.1 Å². The van der Waals surface area contributed by atoms with E-state index in [1.54, 1.807) is 18.4 Å². The first-order valence-electron chi connectivity index (χ1n) is 5.84. The van der Waals surface area contributed by atoms with Gasteiger partial charge in [0, 0.05) is 15.1 Å². The SMILES string of the molecule is Oc1ccc(Cl)cc1-c1nc(-c2ccc(Br)cc2)co1. The Labute approximate surface area is 129 Å². The van der Waals surface area contributed by atoms with Crippen molar-refractivity contribution in [3.05, 3.63) is 58.2 Å². The number of hydrogen-bond donors (Lipinski definition) is 1. The molecule has 0 spiro atoms. The zero-order valence-electron chi connectivity index (χ0n) is 10.2. The van der Waals surface area contributed by atoms with Crippen LogP contribution in [0.15, 0.2) is 57.6 Å². The van der Waals surface area contributed by atoms with E-state index in [9.17, 15) is 5.11 Å². The highest BCUT2D eigenvalue weighted by Crippen LogP contribution is 2.32. The zero-order chi connectivity index (χ0) is 14.1. The number of phenolic OH excluding ortho intramolecular Hbond substituents is 1. The van der Waals surface area contributed by atoms with Gasteiger partial charge in [-0.1, -0.05) is 39.7 Å². The van der Waals surface area contributed by atoms with Crippen LogP contribution >= 0.6 is 27.5 Å². The monoisotopic (exact) mass is 349 g/mol. The summed E-state index contributed by atoms with van der Waals surface area (Å²) in [6.07, 6.45) is 1.55. The minimum atomic E-state index is 0.0820. The first-order valence-corrected chi connectivity index (χ1v) is 7.01. The second-order valence-electron chi connectivity index (χ2n) is 4.21. The molecule has 0 saturated heterocycles. The summed E-state index contributed by atoms with van der Waals surface area (Å²) >= 11 is 9.31. The predicted molar refractivity (Wildman–Crippen MR) is 81.7 cm³/mol. The molecular formula is C15H9BrClNO2. The van der Waals surface area contributed by atoms with E-state index in [1.807, 2.05) is 24.3 Å². The number of aromatic nitrogens is 1. The molecule has 0 aliphatic rings.